The van der Waals surface area contributed by atoms with Crippen molar-refractivity contribution in [2.24, 2.45) is 0 Å². The van der Waals surface area contributed by atoms with E-state index in [1.165, 1.54) is 23.7 Å². The summed E-state index contributed by atoms with van der Waals surface area (Å²) in [5.41, 5.74) is 1.19. The third-order valence-electron chi connectivity index (χ3n) is 3.19. The highest BCUT2D eigenvalue weighted by Gasteiger charge is 2.10. The van der Waals surface area contributed by atoms with Crippen LogP contribution in [0.4, 0.5) is 0 Å². The molecule has 0 aliphatic heterocycles. The smallest absolute Gasteiger partial charge is 0.262 e. The summed E-state index contributed by atoms with van der Waals surface area (Å²) >= 11 is 1.37. The SMILES string of the molecule is CC.CNC(=O)c1cnc(CCc2ncnc3[nH]c(=O)ccc23)s1. The second-order valence-electron chi connectivity index (χ2n) is 4.60. The first-order valence-electron chi connectivity index (χ1n) is 7.67. The van der Waals surface area contributed by atoms with Gasteiger partial charge in [0, 0.05) is 24.9 Å². The number of nitrogens with zero attached hydrogens (tertiary/aromatic N) is 3. The number of amides is 1. The normalized spacial score (nSPS) is 10.1. The van der Waals surface area contributed by atoms with Gasteiger partial charge in [0.05, 0.1) is 16.9 Å². The van der Waals surface area contributed by atoms with Crippen molar-refractivity contribution in [1.82, 2.24) is 25.3 Å². The molecule has 0 radical (unpaired) electrons. The molecular weight excluding hydrogens is 326 g/mol. The van der Waals surface area contributed by atoms with E-state index in [1.807, 2.05) is 13.8 Å². The standard InChI is InChI=1S/C14H13N5O2S.C2H6/c1-15-14(21)10-6-16-12(22-10)5-3-9-8-2-4-11(20)19-13(8)18-7-17-9;1-2/h2,4,6-7H,3,5H2,1H3,(H,15,21)(H,17,18,19,20);1-2H3. The highest BCUT2D eigenvalue weighted by atomic mass is 32.1. The lowest BCUT2D eigenvalue weighted by Crippen LogP contribution is -2.16. The fraction of sp³-hybridized carbons (Fsp3) is 0.312. The van der Waals surface area contributed by atoms with Gasteiger partial charge >= 0.3 is 0 Å². The molecule has 3 rings (SSSR count). The molecule has 0 unspecified atom stereocenters. The van der Waals surface area contributed by atoms with Crippen LogP contribution in [0.1, 0.15) is 34.2 Å². The number of thiazole rings is 1. The van der Waals surface area contributed by atoms with Gasteiger partial charge in [0.1, 0.15) is 16.9 Å². The number of nitrogens with one attached hydrogen (secondary N) is 2. The molecule has 0 atom stereocenters. The van der Waals surface area contributed by atoms with Gasteiger partial charge in [0.25, 0.3) is 5.91 Å². The molecule has 24 heavy (non-hydrogen) atoms. The Morgan fingerprint density at radius 1 is 1.21 bits per heavy atom. The number of rotatable bonds is 4. The van der Waals surface area contributed by atoms with E-state index in [9.17, 15) is 9.59 Å². The maximum Gasteiger partial charge on any atom is 0.262 e. The maximum atomic E-state index is 11.5. The van der Waals surface area contributed by atoms with E-state index in [1.54, 1.807) is 19.3 Å². The number of carbonyl (C=O) groups is 1. The maximum absolute atomic E-state index is 11.5. The van der Waals surface area contributed by atoms with E-state index >= 15 is 0 Å². The Hall–Kier alpha value is -2.61. The van der Waals surface area contributed by atoms with Crippen molar-refractivity contribution in [2.75, 3.05) is 7.05 Å². The summed E-state index contributed by atoms with van der Waals surface area (Å²) < 4.78 is 0. The van der Waals surface area contributed by atoms with Crippen LogP contribution >= 0.6 is 11.3 Å². The van der Waals surface area contributed by atoms with Crippen LogP contribution in [0.3, 0.4) is 0 Å². The number of H-pyrrole nitrogens is 1. The molecule has 0 bridgehead atoms. The topological polar surface area (TPSA) is 101 Å². The lowest BCUT2D eigenvalue weighted by atomic mass is 10.1. The molecule has 1 amide bonds. The molecule has 0 saturated heterocycles. The van der Waals surface area contributed by atoms with Gasteiger partial charge in [-0.05, 0) is 12.5 Å². The summed E-state index contributed by atoms with van der Waals surface area (Å²) in [6.07, 6.45) is 4.35. The van der Waals surface area contributed by atoms with Crippen LogP contribution in [0.5, 0.6) is 0 Å². The number of hydrogen-bond donors (Lipinski definition) is 2. The zero-order chi connectivity index (χ0) is 17.5. The number of pyridine rings is 1. The van der Waals surface area contributed by atoms with E-state index in [4.69, 9.17) is 0 Å². The van der Waals surface area contributed by atoms with Crippen molar-refractivity contribution < 1.29 is 4.79 Å². The second kappa shape index (κ2) is 8.30. The molecule has 3 aromatic rings. The van der Waals surface area contributed by atoms with E-state index < -0.39 is 0 Å². The summed E-state index contributed by atoms with van der Waals surface area (Å²) in [5.74, 6) is -0.131. The number of fused-ring (bicyclic) bond motifs is 1. The number of aromatic nitrogens is 4. The zero-order valence-corrected chi connectivity index (χ0v) is 14.6. The first-order valence-corrected chi connectivity index (χ1v) is 8.48. The van der Waals surface area contributed by atoms with Gasteiger partial charge in [-0.1, -0.05) is 13.8 Å². The molecule has 126 valence electrons. The van der Waals surface area contributed by atoms with Crippen molar-refractivity contribution in [3.63, 3.8) is 0 Å². The van der Waals surface area contributed by atoms with Crippen molar-refractivity contribution in [2.45, 2.75) is 26.7 Å². The second-order valence-corrected chi connectivity index (χ2v) is 5.72. The van der Waals surface area contributed by atoms with Crippen LogP contribution in [0.2, 0.25) is 0 Å². The third kappa shape index (κ3) is 4.02. The van der Waals surface area contributed by atoms with Gasteiger partial charge in [0.15, 0.2) is 0 Å². The van der Waals surface area contributed by atoms with E-state index in [0.29, 0.717) is 23.4 Å². The lowest BCUT2D eigenvalue weighted by Gasteiger charge is -2.03. The van der Waals surface area contributed by atoms with E-state index in [2.05, 4.69) is 25.3 Å². The molecule has 8 heteroatoms. The minimum atomic E-state index is -0.188. The van der Waals surface area contributed by atoms with Crippen LogP contribution in [-0.4, -0.2) is 32.9 Å². The molecule has 0 aromatic carbocycles. The quantitative estimate of drug-likeness (QED) is 0.752. The Morgan fingerprint density at radius 3 is 2.75 bits per heavy atom. The Morgan fingerprint density at radius 2 is 2.00 bits per heavy atom. The number of aryl methyl sites for hydroxylation is 2. The van der Waals surface area contributed by atoms with Crippen LogP contribution in [0.25, 0.3) is 11.0 Å². The predicted octanol–water partition coefficient (Wildman–Crippen LogP) is 1.95. The zero-order valence-electron chi connectivity index (χ0n) is 13.8. The Labute approximate surface area is 143 Å². The first-order chi connectivity index (χ1) is 11.7. The summed E-state index contributed by atoms with van der Waals surface area (Å²) in [7, 11) is 1.59. The molecule has 0 spiro atoms. The van der Waals surface area contributed by atoms with Crippen molar-refractivity contribution in [3.8, 4) is 0 Å². The minimum absolute atomic E-state index is 0.131. The van der Waals surface area contributed by atoms with Crippen LogP contribution in [0, 0.1) is 0 Å². The largest absolute Gasteiger partial charge is 0.354 e. The van der Waals surface area contributed by atoms with Crippen LogP contribution in [0.15, 0.2) is 29.5 Å². The molecule has 3 aromatic heterocycles. The van der Waals surface area contributed by atoms with Crippen LogP contribution < -0.4 is 10.9 Å². The third-order valence-corrected chi connectivity index (χ3v) is 4.25. The average Bonchev–Trinajstić information content (AvgIpc) is 3.09. The molecular formula is C16H19N5O2S. The van der Waals surface area contributed by atoms with E-state index in [-0.39, 0.29) is 11.5 Å². The highest BCUT2D eigenvalue weighted by Crippen LogP contribution is 2.17. The molecule has 0 saturated carbocycles. The fourth-order valence-corrected chi connectivity index (χ4v) is 2.97. The number of aromatic amines is 1. The van der Waals surface area contributed by atoms with Gasteiger partial charge in [-0.2, -0.15) is 0 Å². The van der Waals surface area contributed by atoms with Crippen LogP contribution in [-0.2, 0) is 12.8 Å². The lowest BCUT2D eigenvalue weighted by molar-refractivity contribution is 0.0967. The van der Waals surface area contributed by atoms with Gasteiger partial charge in [-0.15, -0.1) is 11.3 Å². The summed E-state index contributed by atoms with van der Waals surface area (Å²) in [6.45, 7) is 4.00. The van der Waals surface area contributed by atoms with Crippen molar-refractivity contribution in [1.29, 1.82) is 0 Å². The Kier molecular flexibility index (Phi) is 6.14. The molecule has 0 fully saturated rings. The number of carbonyl (C=O) groups excluding carboxylic acids is 1. The molecule has 2 N–H and O–H groups in total. The van der Waals surface area contributed by atoms with Gasteiger partial charge in [-0.3, -0.25) is 9.59 Å². The highest BCUT2D eigenvalue weighted by molar-refractivity contribution is 7.13. The summed E-state index contributed by atoms with van der Waals surface area (Å²) in [5, 5.41) is 4.27. The summed E-state index contributed by atoms with van der Waals surface area (Å²) in [4.78, 5) is 38.7. The fourth-order valence-electron chi connectivity index (χ4n) is 2.10. The first kappa shape index (κ1) is 17.7. The minimum Gasteiger partial charge on any atom is -0.354 e. The monoisotopic (exact) mass is 345 g/mol. The molecule has 0 aliphatic carbocycles. The number of hydrogen-bond acceptors (Lipinski definition) is 6. The Balaban J connectivity index is 0.00000100. The molecule has 3 heterocycles. The van der Waals surface area contributed by atoms with Crippen molar-refractivity contribution >= 4 is 28.3 Å². The molecule has 7 nitrogen and oxygen atoms in total. The van der Waals surface area contributed by atoms with Gasteiger partial charge in [-0.25, -0.2) is 15.0 Å². The van der Waals surface area contributed by atoms with E-state index in [0.717, 1.165) is 16.1 Å². The summed E-state index contributed by atoms with van der Waals surface area (Å²) in [6, 6.07) is 3.18. The Bertz CT molecular complexity index is 887. The van der Waals surface area contributed by atoms with Crippen molar-refractivity contribution in [3.05, 3.63) is 50.6 Å². The molecule has 0 aliphatic rings. The van der Waals surface area contributed by atoms with Gasteiger partial charge in [0.2, 0.25) is 5.56 Å². The van der Waals surface area contributed by atoms with Gasteiger partial charge < -0.3 is 10.3 Å². The predicted molar refractivity (Wildman–Crippen MR) is 94.4 cm³/mol. The average molecular weight is 345 g/mol.